The molecule has 2 heterocycles. The molecule has 2 aliphatic rings. The summed E-state index contributed by atoms with van der Waals surface area (Å²) in [6, 6.07) is 1.66. The van der Waals surface area contributed by atoms with E-state index in [1.54, 1.807) is 16.8 Å². The van der Waals surface area contributed by atoms with Crippen LogP contribution in [0.15, 0.2) is 17.2 Å². The predicted octanol–water partition coefficient (Wildman–Crippen LogP) is 2.74. The Bertz CT molecular complexity index is 716. The summed E-state index contributed by atoms with van der Waals surface area (Å²) in [5.41, 5.74) is 0.479. The van der Waals surface area contributed by atoms with Crippen LogP contribution in [0.3, 0.4) is 0 Å². The first kappa shape index (κ1) is 18.5. The van der Waals surface area contributed by atoms with Crippen molar-refractivity contribution in [3.63, 3.8) is 0 Å². The highest BCUT2D eigenvalue weighted by Crippen LogP contribution is 2.23. The summed E-state index contributed by atoms with van der Waals surface area (Å²) in [4.78, 5) is 14.8. The van der Waals surface area contributed by atoms with Gasteiger partial charge in [-0.15, -0.1) is 0 Å². The summed E-state index contributed by atoms with van der Waals surface area (Å²) in [5, 5.41) is 0. The van der Waals surface area contributed by atoms with Crippen molar-refractivity contribution in [1.82, 2.24) is 14.2 Å². The number of nitrogens with zero attached hydrogens (tertiary/aromatic N) is 2. The summed E-state index contributed by atoms with van der Waals surface area (Å²) in [6.45, 7) is 5.35. The maximum Gasteiger partial charge on any atom is 0.270 e. The summed E-state index contributed by atoms with van der Waals surface area (Å²) in [6.07, 6.45) is 8.75. The number of carbonyl (C=O) groups is 1. The quantitative estimate of drug-likeness (QED) is 0.832. The van der Waals surface area contributed by atoms with Gasteiger partial charge in [-0.05, 0) is 39.2 Å². The first-order chi connectivity index (χ1) is 11.9. The van der Waals surface area contributed by atoms with Gasteiger partial charge in [0.1, 0.15) is 10.6 Å². The fourth-order valence-electron chi connectivity index (χ4n) is 3.83. The monoisotopic (exact) mass is 367 g/mol. The zero-order valence-electron chi connectivity index (χ0n) is 15.2. The highest BCUT2D eigenvalue weighted by Gasteiger charge is 2.29. The number of fused-ring (bicyclic) bond motifs is 1. The molecule has 1 amide bonds. The van der Waals surface area contributed by atoms with Crippen LogP contribution in [0.4, 0.5) is 0 Å². The predicted molar refractivity (Wildman–Crippen MR) is 97.0 cm³/mol. The molecule has 0 radical (unpaired) electrons. The van der Waals surface area contributed by atoms with E-state index >= 15 is 0 Å². The molecule has 1 fully saturated rings. The molecule has 0 saturated heterocycles. The first-order valence-electron chi connectivity index (χ1n) is 9.42. The third-order valence-corrected chi connectivity index (χ3v) is 6.75. The van der Waals surface area contributed by atoms with Gasteiger partial charge in [-0.1, -0.05) is 25.7 Å². The van der Waals surface area contributed by atoms with Gasteiger partial charge in [0.25, 0.3) is 5.91 Å². The Morgan fingerprint density at radius 2 is 1.76 bits per heavy atom. The van der Waals surface area contributed by atoms with Crippen molar-refractivity contribution in [1.29, 1.82) is 0 Å². The Morgan fingerprint density at radius 1 is 1.08 bits per heavy atom. The second-order valence-electron chi connectivity index (χ2n) is 7.51. The minimum absolute atomic E-state index is 0.00932. The number of nitrogens with one attached hydrogen (secondary N) is 1. The molecule has 1 aliphatic carbocycles. The Labute approximate surface area is 150 Å². The molecule has 6 nitrogen and oxygen atoms in total. The Balaban J connectivity index is 1.83. The Morgan fingerprint density at radius 3 is 2.40 bits per heavy atom. The van der Waals surface area contributed by atoms with Gasteiger partial charge in [-0.3, -0.25) is 4.79 Å². The van der Waals surface area contributed by atoms with Crippen LogP contribution >= 0.6 is 0 Å². The van der Waals surface area contributed by atoms with E-state index in [4.69, 9.17) is 0 Å². The lowest BCUT2D eigenvalue weighted by molar-refractivity contribution is 0.0709. The maximum atomic E-state index is 12.8. The number of amides is 1. The lowest BCUT2D eigenvalue weighted by atomic mass is 10.1. The van der Waals surface area contributed by atoms with Crippen LogP contribution in [0.5, 0.6) is 0 Å². The van der Waals surface area contributed by atoms with E-state index in [0.717, 1.165) is 32.1 Å². The third kappa shape index (κ3) is 4.08. The van der Waals surface area contributed by atoms with Crippen LogP contribution < -0.4 is 4.72 Å². The molecular weight excluding hydrogens is 338 g/mol. The van der Waals surface area contributed by atoms with E-state index in [1.165, 1.54) is 12.8 Å². The standard InChI is InChI=1S/C18H29N3O3S/c1-14(2)21-11-7-10-20-13-16(12-17(20)18(21)22)25(23,24)19-15-8-5-3-4-6-9-15/h12-15,19H,3-11H2,1-2H3. The Kier molecular flexibility index (Phi) is 5.53. The zero-order valence-corrected chi connectivity index (χ0v) is 16.0. The summed E-state index contributed by atoms with van der Waals surface area (Å²) < 4.78 is 30.2. The molecule has 3 rings (SSSR count). The molecule has 0 bridgehead atoms. The van der Waals surface area contributed by atoms with Gasteiger partial charge in [0.15, 0.2) is 0 Å². The van der Waals surface area contributed by atoms with Gasteiger partial charge >= 0.3 is 0 Å². The van der Waals surface area contributed by atoms with Crippen molar-refractivity contribution in [2.45, 2.75) is 82.3 Å². The summed E-state index contributed by atoms with van der Waals surface area (Å²) >= 11 is 0. The topological polar surface area (TPSA) is 71.4 Å². The fraction of sp³-hybridized carbons (Fsp3) is 0.722. The summed E-state index contributed by atoms with van der Waals surface area (Å²) in [7, 11) is -3.58. The normalized spacial score (nSPS) is 20.4. The molecule has 0 spiro atoms. The van der Waals surface area contributed by atoms with Crippen LogP contribution in [0.1, 0.15) is 69.3 Å². The average Bonchev–Trinajstić information content (AvgIpc) is 2.73. The summed E-state index contributed by atoms with van der Waals surface area (Å²) in [5.74, 6) is -0.0802. The molecule has 140 valence electrons. The minimum atomic E-state index is -3.58. The van der Waals surface area contributed by atoms with E-state index < -0.39 is 10.0 Å². The van der Waals surface area contributed by atoms with Crippen molar-refractivity contribution in [3.8, 4) is 0 Å². The number of hydrogen-bond acceptors (Lipinski definition) is 3. The highest BCUT2D eigenvalue weighted by molar-refractivity contribution is 7.89. The van der Waals surface area contributed by atoms with Gasteiger partial charge in [0, 0.05) is 31.4 Å². The highest BCUT2D eigenvalue weighted by atomic mass is 32.2. The number of sulfonamides is 1. The molecule has 1 aromatic heterocycles. The molecule has 1 aromatic rings. The van der Waals surface area contributed by atoms with Gasteiger partial charge in [0.05, 0.1) is 0 Å². The van der Waals surface area contributed by atoms with Gasteiger partial charge in [-0.2, -0.15) is 0 Å². The van der Waals surface area contributed by atoms with E-state index in [0.29, 0.717) is 18.8 Å². The Hall–Kier alpha value is -1.34. The van der Waals surface area contributed by atoms with Crippen LogP contribution in [-0.4, -0.2) is 42.4 Å². The van der Waals surface area contributed by atoms with E-state index in [-0.39, 0.29) is 22.9 Å². The van der Waals surface area contributed by atoms with Crippen molar-refractivity contribution in [2.75, 3.05) is 6.54 Å². The van der Waals surface area contributed by atoms with Crippen LogP contribution in [0, 0.1) is 0 Å². The van der Waals surface area contributed by atoms with Gasteiger partial charge < -0.3 is 9.47 Å². The zero-order chi connectivity index (χ0) is 18.0. The lowest BCUT2D eigenvalue weighted by Gasteiger charge is -2.24. The van der Waals surface area contributed by atoms with Crippen LogP contribution in [-0.2, 0) is 16.6 Å². The molecule has 25 heavy (non-hydrogen) atoms. The van der Waals surface area contributed by atoms with Crippen LogP contribution in [0.2, 0.25) is 0 Å². The molecule has 1 saturated carbocycles. The van der Waals surface area contributed by atoms with E-state index in [9.17, 15) is 13.2 Å². The number of carbonyl (C=O) groups excluding carboxylic acids is 1. The third-order valence-electron chi connectivity index (χ3n) is 5.26. The van der Waals surface area contributed by atoms with Crippen LogP contribution in [0.25, 0.3) is 0 Å². The molecule has 0 unspecified atom stereocenters. The largest absolute Gasteiger partial charge is 0.342 e. The van der Waals surface area contributed by atoms with Crippen molar-refractivity contribution < 1.29 is 13.2 Å². The molecule has 0 atom stereocenters. The molecular formula is C18H29N3O3S. The number of rotatable bonds is 4. The second-order valence-corrected chi connectivity index (χ2v) is 9.22. The minimum Gasteiger partial charge on any atom is -0.342 e. The number of aromatic nitrogens is 1. The first-order valence-corrected chi connectivity index (χ1v) is 10.9. The maximum absolute atomic E-state index is 12.8. The average molecular weight is 368 g/mol. The lowest BCUT2D eigenvalue weighted by Crippen LogP contribution is -2.37. The second kappa shape index (κ2) is 7.50. The van der Waals surface area contributed by atoms with Gasteiger partial charge in [0.2, 0.25) is 10.0 Å². The smallest absolute Gasteiger partial charge is 0.270 e. The van der Waals surface area contributed by atoms with Crippen molar-refractivity contribution in [2.24, 2.45) is 0 Å². The van der Waals surface area contributed by atoms with Crippen molar-refractivity contribution >= 4 is 15.9 Å². The fourth-order valence-corrected chi connectivity index (χ4v) is 5.18. The molecule has 7 heteroatoms. The molecule has 0 aromatic carbocycles. The number of aryl methyl sites for hydroxylation is 1. The number of hydrogen-bond donors (Lipinski definition) is 1. The molecule has 1 N–H and O–H groups in total. The molecule has 1 aliphatic heterocycles. The van der Waals surface area contributed by atoms with Crippen molar-refractivity contribution in [3.05, 3.63) is 18.0 Å². The van der Waals surface area contributed by atoms with E-state index in [1.807, 2.05) is 18.7 Å². The SMILES string of the molecule is CC(C)N1CCCn2cc(S(=O)(=O)NC3CCCCCC3)cc2C1=O. The van der Waals surface area contributed by atoms with Gasteiger partial charge in [-0.25, -0.2) is 13.1 Å². The van der Waals surface area contributed by atoms with E-state index in [2.05, 4.69) is 4.72 Å².